The number of carbonyl (C=O) groups excluding carboxylic acids is 2. The number of hydrogen-bond acceptors (Lipinski definition) is 2. The minimum Gasteiger partial charge on any atom is -0.299 e. The highest BCUT2D eigenvalue weighted by atomic mass is 35.5. The fourth-order valence-corrected chi connectivity index (χ4v) is 0.879. The lowest BCUT2D eigenvalue weighted by Gasteiger charge is -2.04. The van der Waals surface area contributed by atoms with Gasteiger partial charge in [-0.25, -0.2) is 0 Å². The highest BCUT2D eigenvalue weighted by molar-refractivity contribution is 6.01. The van der Waals surface area contributed by atoms with E-state index in [9.17, 15) is 9.59 Å². The first kappa shape index (κ1) is 8.63. The van der Waals surface area contributed by atoms with E-state index in [0.717, 1.165) is 6.42 Å². The Morgan fingerprint density at radius 3 is 1.67 bits per heavy atom. The Kier molecular flexibility index (Phi) is 3.47. The molecule has 0 saturated heterocycles. The molecule has 2 nitrogen and oxygen atoms in total. The lowest BCUT2D eigenvalue weighted by molar-refractivity contribution is -0.129. The van der Waals surface area contributed by atoms with Gasteiger partial charge in [0, 0.05) is 12.8 Å². The minimum absolute atomic E-state index is 0. The molecule has 0 bridgehead atoms. The molecule has 1 rings (SSSR count). The summed E-state index contributed by atoms with van der Waals surface area (Å²) in [7, 11) is 0. The second-order valence-electron chi connectivity index (χ2n) is 2.11. The smallest absolute Gasteiger partial charge is 0.140 e. The molecule has 0 radical (unpaired) electrons. The topological polar surface area (TPSA) is 34.1 Å². The Bertz CT molecular complexity index is 117. The molecule has 52 valence electrons. The summed E-state index contributed by atoms with van der Waals surface area (Å²) in [6.45, 7) is 0. The molecule has 1 fully saturated rings. The van der Waals surface area contributed by atoms with Crippen LogP contribution in [0, 0.1) is 0 Å². The van der Waals surface area contributed by atoms with Crippen molar-refractivity contribution < 1.29 is 9.59 Å². The van der Waals surface area contributed by atoms with E-state index in [1.165, 1.54) is 0 Å². The second-order valence-corrected chi connectivity index (χ2v) is 2.11. The van der Waals surface area contributed by atoms with Gasteiger partial charge in [0.2, 0.25) is 0 Å². The lowest BCUT2D eigenvalue weighted by Crippen LogP contribution is -2.13. The third kappa shape index (κ3) is 2.61. The molecular formula is C6H9ClO2. The highest BCUT2D eigenvalue weighted by Gasteiger charge is 2.14. The van der Waals surface area contributed by atoms with Gasteiger partial charge in [0.1, 0.15) is 11.6 Å². The van der Waals surface area contributed by atoms with Gasteiger partial charge >= 0.3 is 0 Å². The standard InChI is InChI=1S/C6H8O2.ClH/c7-5-2-1-3-6(8)4-5;/h1-4H2;1H. The van der Waals surface area contributed by atoms with Crippen LogP contribution in [0.25, 0.3) is 0 Å². The van der Waals surface area contributed by atoms with Crippen molar-refractivity contribution in [2.24, 2.45) is 0 Å². The first-order chi connectivity index (χ1) is 3.79. The van der Waals surface area contributed by atoms with Crippen LogP contribution in [0.1, 0.15) is 25.7 Å². The molecular weight excluding hydrogens is 140 g/mol. The lowest BCUT2D eigenvalue weighted by atomic mass is 9.98. The van der Waals surface area contributed by atoms with E-state index >= 15 is 0 Å². The number of hydrogen-bond donors (Lipinski definition) is 0. The number of carbonyl (C=O) groups is 2. The van der Waals surface area contributed by atoms with Gasteiger partial charge in [0.15, 0.2) is 0 Å². The van der Waals surface area contributed by atoms with Crippen molar-refractivity contribution in [1.82, 2.24) is 0 Å². The average Bonchev–Trinajstić information content (AvgIpc) is 1.64. The zero-order chi connectivity index (χ0) is 5.98. The Hall–Kier alpha value is -0.370. The van der Waals surface area contributed by atoms with Crippen LogP contribution in [-0.2, 0) is 9.59 Å². The SMILES string of the molecule is Cl.O=C1CCCC(=O)C1. The second kappa shape index (κ2) is 3.62. The number of halogens is 1. The summed E-state index contributed by atoms with van der Waals surface area (Å²) in [6.07, 6.45) is 2.20. The third-order valence-corrected chi connectivity index (χ3v) is 1.31. The van der Waals surface area contributed by atoms with Crippen LogP contribution < -0.4 is 0 Å². The average molecular weight is 149 g/mol. The van der Waals surface area contributed by atoms with Crippen molar-refractivity contribution in [3.8, 4) is 0 Å². The van der Waals surface area contributed by atoms with E-state index in [1.54, 1.807) is 0 Å². The fraction of sp³-hybridized carbons (Fsp3) is 0.667. The Labute approximate surface area is 60.0 Å². The van der Waals surface area contributed by atoms with Gasteiger partial charge < -0.3 is 0 Å². The summed E-state index contributed by atoms with van der Waals surface area (Å²) in [5.41, 5.74) is 0. The summed E-state index contributed by atoms with van der Waals surface area (Å²) < 4.78 is 0. The summed E-state index contributed by atoms with van der Waals surface area (Å²) in [4.78, 5) is 20.9. The van der Waals surface area contributed by atoms with E-state index < -0.39 is 0 Å². The summed E-state index contributed by atoms with van der Waals surface area (Å²) in [6, 6.07) is 0. The van der Waals surface area contributed by atoms with Crippen molar-refractivity contribution in [1.29, 1.82) is 0 Å². The molecule has 0 amide bonds. The van der Waals surface area contributed by atoms with E-state index in [-0.39, 0.29) is 30.4 Å². The van der Waals surface area contributed by atoms with Crippen molar-refractivity contribution in [3.63, 3.8) is 0 Å². The van der Waals surface area contributed by atoms with Crippen LogP contribution in [0.5, 0.6) is 0 Å². The Balaban J connectivity index is 0.000000640. The van der Waals surface area contributed by atoms with Gasteiger partial charge in [-0.1, -0.05) is 0 Å². The van der Waals surface area contributed by atoms with Crippen molar-refractivity contribution in [3.05, 3.63) is 0 Å². The van der Waals surface area contributed by atoms with E-state index in [0.29, 0.717) is 12.8 Å². The predicted molar refractivity (Wildman–Crippen MR) is 35.7 cm³/mol. The van der Waals surface area contributed by atoms with Crippen LogP contribution in [-0.4, -0.2) is 11.6 Å². The number of ketones is 2. The molecule has 0 atom stereocenters. The third-order valence-electron chi connectivity index (χ3n) is 1.31. The molecule has 0 aromatic heterocycles. The maximum absolute atomic E-state index is 10.5. The molecule has 0 aromatic carbocycles. The highest BCUT2D eigenvalue weighted by Crippen LogP contribution is 2.09. The van der Waals surface area contributed by atoms with Crippen LogP contribution in [0.3, 0.4) is 0 Å². The Morgan fingerprint density at radius 1 is 1.00 bits per heavy atom. The molecule has 0 spiro atoms. The predicted octanol–water partition coefficient (Wildman–Crippen LogP) is 1.12. The number of Topliss-reactive ketones (excluding diaryl/α,β-unsaturated/α-hetero) is 2. The van der Waals surface area contributed by atoms with Crippen molar-refractivity contribution >= 4 is 24.0 Å². The molecule has 0 aliphatic heterocycles. The Morgan fingerprint density at radius 2 is 1.44 bits per heavy atom. The van der Waals surface area contributed by atoms with Gasteiger partial charge in [-0.3, -0.25) is 9.59 Å². The monoisotopic (exact) mass is 148 g/mol. The fourth-order valence-electron chi connectivity index (χ4n) is 0.879. The zero-order valence-corrected chi connectivity index (χ0v) is 5.87. The quantitative estimate of drug-likeness (QED) is 0.483. The summed E-state index contributed by atoms with van der Waals surface area (Å²) in [5.74, 6) is 0.225. The largest absolute Gasteiger partial charge is 0.299 e. The van der Waals surface area contributed by atoms with E-state index in [2.05, 4.69) is 0 Å². The van der Waals surface area contributed by atoms with Crippen LogP contribution in [0.4, 0.5) is 0 Å². The molecule has 1 aliphatic carbocycles. The van der Waals surface area contributed by atoms with Gasteiger partial charge in [0.25, 0.3) is 0 Å². The number of rotatable bonds is 0. The summed E-state index contributed by atoms with van der Waals surface area (Å²) in [5, 5.41) is 0. The summed E-state index contributed by atoms with van der Waals surface area (Å²) >= 11 is 0. The maximum atomic E-state index is 10.5. The van der Waals surface area contributed by atoms with E-state index in [1.807, 2.05) is 0 Å². The first-order valence-electron chi connectivity index (χ1n) is 2.82. The normalized spacial score (nSPS) is 19.1. The van der Waals surface area contributed by atoms with Gasteiger partial charge in [-0.05, 0) is 6.42 Å². The van der Waals surface area contributed by atoms with Crippen LogP contribution >= 0.6 is 12.4 Å². The molecule has 0 unspecified atom stereocenters. The molecule has 0 N–H and O–H groups in total. The van der Waals surface area contributed by atoms with Crippen molar-refractivity contribution in [2.45, 2.75) is 25.7 Å². The molecule has 0 aromatic rings. The first-order valence-corrected chi connectivity index (χ1v) is 2.82. The van der Waals surface area contributed by atoms with E-state index in [4.69, 9.17) is 0 Å². The maximum Gasteiger partial charge on any atom is 0.140 e. The van der Waals surface area contributed by atoms with Gasteiger partial charge in [-0.15, -0.1) is 12.4 Å². The molecule has 9 heavy (non-hydrogen) atoms. The molecule has 3 heteroatoms. The molecule has 0 heterocycles. The van der Waals surface area contributed by atoms with Gasteiger partial charge in [-0.2, -0.15) is 0 Å². The molecule has 1 saturated carbocycles. The van der Waals surface area contributed by atoms with Crippen LogP contribution in [0.15, 0.2) is 0 Å². The van der Waals surface area contributed by atoms with Gasteiger partial charge in [0.05, 0.1) is 6.42 Å². The zero-order valence-electron chi connectivity index (χ0n) is 5.05. The molecule has 1 aliphatic rings. The van der Waals surface area contributed by atoms with Crippen LogP contribution in [0.2, 0.25) is 0 Å². The van der Waals surface area contributed by atoms with Crippen molar-refractivity contribution in [2.75, 3.05) is 0 Å². The minimum atomic E-state index is 0.